The standard InChI is InChI=1S/C39H76NO8P/c1-3-5-7-9-11-13-15-17-19-21-23-25-27-29-31-38(42)40-33-34-47-49(44,45)48-36-37(41)35-46-39(43)32-30-28-26-24-22-20-18-16-14-12-10-8-6-4-2/h16,18,37,41H,3-15,17,19-36H2,1-2H3,(H,40,42)(H,44,45)/b18-16-. The molecule has 1 amide bonds. The zero-order valence-corrected chi connectivity index (χ0v) is 32.5. The zero-order chi connectivity index (χ0) is 36.1. The van der Waals surface area contributed by atoms with E-state index in [0.717, 1.165) is 57.8 Å². The zero-order valence-electron chi connectivity index (χ0n) is 31.7. The van der Waals surface area contributed by atoms with Crippen molar-refractivity contribution in [3.05, 3.63) is 12.2 Å². The summed E-state index contributed by atoms with van der Waals surface area (Å²) >= 11 is 0. The lowest BCUT2D eigenvalue weighted by Gasteiger charge is -2.15. The highest BCUT2D eigenvalue weighted by Crippen LogP contribution is 2.42. The van der Waals surface area contributed by atoms with E-state index in [9.17, 15) is 24.2 Å². The quantitative estimate of drug-likeness (QED) is 0.0249. The Kier molecular flexibility index (Phi) is 35.6. The van der Waals surface area contributed by atoms with Gasteiger partial charge in [-0.05, 0) is 38.5 Å². The van der Waals surface area contributed by atoms with E-state index in [1.54, 1.807) is 0 Å². The Bertz CT molecular complexity index is 825. The number of phosphoric ester groups is 1. The van der Waals surface area contributed by atoms with Crippen molar-refractivity contribution >= 4 is 19.7 Å². The van der Waals surface area contributed by atoms with E-state index in [1.807, 2.05) is 0 Å². The van der Waals surface area contributed by atoms with E-state index in [0.29, 0.717) is 6.42 Å². The van der Waals surface area contributed by atoms with E-state index in [4.69, 9.17) is 13.8 Å². The molecule has 10 heteroatoms. The summed E-state index contributed by atoms with van der Waals surface area (Å²) in [4.78, 5) is 33.8. The molecule has 0 aliphatic carbocycles. The minimum atomic E-state index is -4.41. The highest BCUT2D eigenvalue weighted by Gasteiger charge is 2.23. The molecule has 0 rings (SSSR count). The van der Waals surface area contributed by atoms with E-state index < -0.39 is 26.5 Å². The smallest absolute Gasteiger partial charge is 0.463 e. The maximum Gasteiger partial charge on any atom is 0.472 e. The highest BCUT2D eigenvalue weighted by molar-refractivity contribution is 7.47. The van der Waals surface area contributed by atoms with Crippen LogP contribution in [0, 0.1) is 0 Å². The predicted molar refractivity (Wildman–Crippen MR) is 201 cm³/mol. The van der Waals surface area contributed by atoms with Gasteiger partial charge in [0.2, 0.25) is 5.91 Å². The van der Waals surface area contributed by atoms with Crippen LogP contribution in [0.3, 0.4) is 0 Å². The van der Waals surface area contributed by atoms with Gasteiger partial charge < -0.3 is 20.1 Å². The summed E-state index contributed by atoms with van der Waals surface area (Å²) in [6, 6.07) is 0. The fourth-order valence-electron chi connectivity index (χ4n) is 5.61. The lowest BCUT2D eigenvalue weighted by atomic mass is 10.0. The Morgan fingerprint density at radius 3 is 1.53 bits per heavy atom. The van der Waals surface area contributed by atoms with Crippen molar-refractivity contribution in [2.75, 3.05) is 26.4 Å². The number of esters is 1. The number of aliphatic hydroxyl groups is 1. The van der Waals surface area contributed by atoms with Crippen LogP contribution in [-0.2, 0) is 27.9 Å². The van der Waals surface area contributed by atoms with E-state index >= 15 is 0 Å². The van der Waals surface area contributed by atoms with Gasteiger partial charge in [0.05, 0.1) is 13.2 Å². The van der Waals surface area contributed by atoms with Crippen LogP contribution in [0.5, 0.6) is 0 Å². The lowest BCUT2D eigenvalue weighted by molar-refractivity contribution is -0.147. The van der Waals surface area contributed by atoms with Crippen LogP contribution in [-0.4, -0.2) is 54.3 Å². The molecule has 2 unspecified atom stereocenters. The molecule has 3 N–H and O–H groups in total. The molecule has 0 aliphatic heterocycles. The minimum absolute atomic E-state index is 0.0851. The third-order valence-electron chi connectivity index (χ3n) is 8.70. The van der Waals surface area contributed by atoms with Crippen molar-refractivity contribution in [2.45, 2.75) is 200 Å². The van der Waals surface area contributed by atoms with Crippen LogP contribution in [0.2, 0.25) is 0 Å². The van der Waals surface area contributed by atoms with E-state index in [-0.39, 0.29) is 32.1 Å². The Morgan fingerprint density at radius 2 is 1.04 bits per heavy atom. The predicted octanol–water partition coefficient (Wildman–Crippen LogP) is 10.7. The lowest BCUT2D eigenvalue weighted by Crippen LogP contribution is -2.27. The highest BCUT2D eigenvalue weighted by atomic mass is 31.2. The third-order valence-corrected chi connectivity index (χ3v) is 9.68. The summed E-state index contributed by atoms with van der Waals surface area (Å²) in [6.45, 7) is 3.54. The number of nitrogens with one attached hydrogen (secondary N) is 1. The van der Waals surface area contributed by atoms with Gasteiger partial charge >= 0.3 is 13.8 Å². The van der Waals surface area contributed by atoms with Crippen molar-refractivity contribution in [1.29, 1.82) is 0 Å². The van der Waals surface area contributed by atoms with Crippen LogP contribution in [0.15, 0.2) is 12.2 Å². The second kappa shape index (κ2) is 36.5. The van der Waals surface area contributed by atoms with Crippen molar-refractivity contribution < 1.29 is 37.9 Å². The second-order valence-electron chi connectivity index (χ2n) is 13.6. The molecule has 0 aromatic heterocycles. The van der Waals surface area contributed by atoms with E-state index in [1.165, 1.54) is 109 Å². The molecule has 0 fully saturated rings. The molecule has 0 aliphatic rings. The van der Waals surface area contributed by atoms with Crippen LogP contribution in [0.25, 0.3) is 0 Å². The van der Waals surface area contributed by atoms with Gasteiger partial charge in [-0.25, -0.2) is 4.57 Å². The SMILES string of the molecule is CCCCCCC/C=C\CCCCCCCC(=O)OCC(O)COP(=O)(O)OCCNC(=O)CCCCCCCCCCCCCCCC. The molecule has 0 saturated heterocycles. The first kappa shape index (κ1) is 47.8. The number of ether oxygens (including phenoxy) is 1. The number of carbonyl (C=O) groups excluding carboxylic acids is 2. The average Bonchev–Trinajstić information content (AvgIpc) is 3.08. The van der Waals surface area contributed by atoms with Gasteiger partial charge in [-0.2, -0.15) is 0 Å². The number of allylic oxidation sites excluding steroid dienone is 2. The fourth-order valence-corrected chi connectivity index (χ4v) is 6.37. The van der Waals surface area contributed by atoms with Gasteiger partial charge in [0.1, 0.15) is 12.7 Å². The average molecular weight is 718 g/mol. The molecule has 0 saturated carbocycles. The maximum atomic E-state index is 12.1. The Morgan fingerprint density at radius 1 is 0.612 bits per heavy atom. The van der Waals surface area contributed by atoms with Crippen molar-refractivity contribution in [2.24, 2.45) is 0 Å². The number of carbonyl (C=O) groups is 2. The monoisotopic (exact) mass is 718 g/mol. The number of hydrogen-bond acceptors (Lipinski definition) is 7. The van der Waals surface area contributed by atoms with Gasteiger partial charge in [-0.1, -0.05) is 154 Å². The second-order valence-corrected chi connectivity index (χ2v) is 15.1. The molecule has 0 aromatic rings. The molecular formula is C39H76NO8P. The molecule has 0 bridgehead atoms. The summed E-state index contributed by atoms with van der Waals surface area (Å²) in [6.07, 6.45) is 35.6. The topological polar surface area (TPSA) is 131 Å². The minimum Gasteiger partial charge on any atom is -0.463 e. The number of rotatable bonds is 38. The van der Waals surface area contributed by atoms with Gasteiger partial charge in [-0.3, -0.25) is 18.6 Å². The van der Waals surface area contributed by atoms with Crippen LogP contribution < -0.4 is 5.32 Å². The van der Waals surface area contributed by atoms with E-state index in [2.05, 4.69) is 31.3 Å². The Balaban J connectivity index is 3.60. The molecule has 49 heavy (non-hydrogen) atoms. The first-order valence-corrected chi connectivity index (χ1v) is 21.7. The number of phosphoric acid groups is 1. The molecule has 0 radical (unpaired) electrons. The summed E-state index contributed by atoms with van der Waals surface area (Å²) in [5.74, 6) is -0.519. The molecule has 290 valence electrons. The van der Waals surface area contributed by atoms with Crippen molar-refractivity contribution in [1.82, 2.24) is 5.32 Å². The molecule has 9 nitrogen and oxygen atoms in total. The molecule has 2 atom stereocenters. The first-order chi connectivity index (χ1) is 23.8. The normalized spacial score (nSPS) is 13.5. The van der Waals surface area contributed by atoms with Gasteiger partial charge in [0, 0.05) is 19.4 Å². The van der Waals surface area contributed by atoms with Gasteiger partial charge in [-0.15, -0.1) is 0 Å². The first-order valence-electron chi connectivity index (χ1n) is 20.2. The molecule has 0 aromatic carbocycles. The van der Waals surface area contributed by atoms with Crippen LogP contribution >= 0.6 is 7.82 Å². The maximum absolute atomic E-state index is 12.1. The largest absolute Gasteiger partial charge is 0.472 e. The van der Waals surface area contributed by atoms with Crippen molar-refractivity contribution in [3.63, 3.8) is 0 Å². The van der Waals surface area contributed by atoms with Crippen LogP contribution in [0.1, 0.15) is 194 Å². The van der Waals surface area contributed by atoms with Gasteiger partial charge in [0.25, 0.3) is 0 Å². The summed E-state index contributed by atoms with van der Waals surface area (Å²) in [5, 5.41) is 12.7. The third kappa shape index (κ3) is 37.8. The number of unbranched alkanes of at least 4 members (excludes halogenated alkanes) is 23. The summed E-state index contributed by atoms with van der Waals surface area (Å²) in [5.41, 5.74) is 0. The molecular weight excluding hydrogens is 641 g/mol. The van der Waals surface area contributed by atoms with Gasteiger partial charge in [0.15, 0.2) is 0 Å². The summed E-state index contributed by atoms with van der Waals surface area (Å²) < 4.78 is 26.8. The van der Waals surface area contributed by atoms with Crippen LogP contribution in [0.4, 0.5) is 0 Å². The number of hydrogen-bond donors (Lipinski definition) is 3. The Labute approximate surface area is 300 Å². The molecule has 0 heterocycles. The summed E-state index contributed by atoms with van der Waals surface area (Å²) in [7, 11) is -4.41. The Hall–Kier alpha value is -1.25. The number of aliphatic hydroxyl groups excluding tert-OH is 1. The fraction of sp³-hybridized carbons (Fsp3) is 0.897. The number of amides is 1. The van der Waals surface area contributed by atoms with Crippen molar-refractivity contribution in [3.8, 4) is 0 Å². The molecule has 0 spiro atoms.